The van der Waals surface area contributed by atoms with E-state index in [0.717, 1.165) is 29.7 Å². The predicted molar refractivity (Wildman–Crippen MR) is 82.5 cm³/mol. The number of sulfonamides is 1. The van der Waals surface area contributed by atoms with Gasteiger partial charge in [-0.3, -0.25) is 4.72 Å². The van der Waals surface area contributed by atoms with Crippen molar-refractivity contribution in [2.24, 2.45) is 0 Å². The molecule has 21 heavy (non-hydrogen) atoms. The standard InChI is InChI=1S/C14H15NO4S2/c1-2-4-10-6-7-12(11(9-10)14(16)17)15-21(18,19)13-5-3-8-20-13/h3,5-9,15H,2,4H2,1H3,(H,16,17). The van der Waals surface area contributed by atoms with E-state index in [9.17, 15) is 18.3 Å². The Hall–Kier alpha value is -1.86. The van der Waals surface area contributed by atoms with Gasteiger partial charge >= 0.3 is 5.97 Å². The average molecular weight is 325 g/mol. The zero-order valence-electron chi connectivity index (χ0n) is 11.4. The zero-order valence-corrected chi connectivity index (χ0v) is 13.0. The number of carboxylic acid groups (broad SMARTS) is 1. The molecule has 0 saturated heterocycles. The van der Waals surface area contributed by atoms with Crippen LogP contribution in [0.2, 0.25) is 0 Å². The van der Waals surface area contributed by atoms with Crippen molar-refractivity contribution >= 4 is 33.0 Å². The summed E-state index contributed by atoms with van der Waals surface area (Å²) in [5.41, 5.74) is 0.908. The summed E-state index contributed by atoms with van der Waals surface area (Å²) in [6.45, 7) is 1.99. The highest BCUT2D eigenvalue weighted by molar-refractivity contribution is 7.94. The molecular weight excluding hydrogens is 310 g/mol. The van der Waals surface area contributed by atoms with Crippen LogP contribution in [0.5, 0.6) is 0 Å². The summed E-state index contributed by atoms with van der Waals surface area (Å²) in [7, 11) is -3.75. The van der Waals surface area contributed by atoms with Crippen molar-refractivity contribution < 1.29 is 18.3 Å². The third-order valence-corrected chi connectivity index (χ3v) is 5.62. The molecule has 7 heteroatoms. The molecule has 112 valence electrons. The number of rotatable bonds is 6. The number of benzene rings is 1. The fourth-order valence-corrected chi connectivity index (χ4v) is 3.99. The first-order valence-electron chi connectivity index (χ1n) is 6.36. The van der Waals surface area contributed by atoms with Gasteiger partial charge in [0.2, 0.25) is 0 Å². The maximum Gasteiger partial charge on any atom is 0.337 e. The van der Waals surface area contributed by atoms with E-state index in [4.69, 9.17) is 0 Å². The maximum atomic E-state index is 12.2. The quantitative estimate of drug-likeness (QED) is 0.854. The third kappa shape index (κ3) is 3.62. The molecule has 1 heterocycles. The van der Waals surface area contributed by atoms with Gasteiger partial charge in [-0.2, -0.15) is 0 Å². The number of hydrogen-bond acceptors (Lipinski definition) is 4. The lowest BCUT2D eigenvalue weighted by atomic mass is 10.1. The number of hydrogen-bond donors (Lipinski definition) is 2. The van der Waals surface area contributed by atoms with E-state index in [2.05, 4.69) is 4.72 Å². The van der Waals surface area contributed by atoms with Crippen LogP contribution in [0.1, 0.15) is 29.3 Å². The summed E-state index contributed by atoms with van der Waals surface area (Å²) >= 11 is 1.08. The first-order chi connectivity index (χ1) is 9.94. The topological polar surface area (TPSA) is 83.5 Å². The molecule has 1 aromatic carbocycles. The van der Waals surface area contributed by atoms with Crippen LogP contribution in [0.15, 0.2) is 39.9 Å². The number of carbonyl (C=O) groups is 1. The number of nitrogens with one attached hydrogen (secondary N) is 1. The molecule has 0 radical (unpaired) electrons. The molecule has 0 atom stereocenters. The fraction of sp³-hybridized carbons (Fsp3) is 0.214. The number of thiophene rings is 1. The Kier molecular flexibility index (Phi) is 4.64. The van der Waals surface area contributed by atoms with Crippen LogP contribution in [-0.2, 0) is 16.4 Å². The van der Waals surface area contributed by atoms with Crippen LogP contribution in [0, 0.1) is 0 Å². The van der Waals surface area contributed by atoms with Gasteiger partial charge in [-0.05, 0) is 35.6 Å². The van der Waals surface area contributed by atoms with Crippen molar-refractivity contribution in [3.63, 3.8) is 0 Å². The molecule has 2 rings (SSSR count). The van der Waals surface area contributed by atoms with Crippen molar-refractivity contribution in [1.29, 1.82) is 0 Å². The summed E-state index contributed by atoms with van der Waals surface area (Å²) in [5.74, 6) is -1.16. The minimum absolute atomic E-state index is 0.0407. The van der Waals surface area contributed by atoms with Crippen LogP contribution in [0.25, 0.3) is 0 Å². The lowest BCUT2D eigenvalue weighted by Gasteiger charge is -2.11. The highest BCUT2D eigenvalue weighted by atomic mass is 32.2. The minimum Gasteiger partial charge on any atom is -0.478 e. The molecule has 0 bridgehead atoms. The van der Waals surface area contributed by atoms with E-state index in [1.807, 2.05) is 6.92 Å². The van der Waals surface area contributed by atoms with E-state index < -0.39 is 16.0 Å². The van der Waals surface area contributed by atoms with E-state index in [0.29, 0.717) is 0 Å². The van der Waals surface area contributed by atoms with E-state index in [-0.39, 0.29) is 15.5 Å². The first kappa shape index (κ1) is 15.5. The van der Waals surface area contributed by atoms with E-state index in [1.165, 1.54) is 18.2 Å². The first-order valence-corrected chi connectivity index (χ1v) is 8.73. The number of aryl methyl sites for hydroxylation is 1. The highest BCUT2D eigenvalue weighted by Crippen LogP contribution is 2.24. The molecule has 2 N–H and O–H groups in total. The monoisotopic (exact) mass is 325 g/mol. The van der Waals surface area contributed by atoms with Crippen molar-refractivity contribution in [2.75, 3.05) is 4.72 Å². The molecule has 0 aliphatic rings. The summed E-state index contributed by atoms with van der Waals surface area (Å²) < 4.78 is 26.8. The molecule has 2 aromatic rings. The van der Waals surface area contributed by atoms with Gasteiger partial charge < -0.3 is 5.11 Å². The van der Waals surface area contributed by atoms with Crippen molar-refractivity contribution in [3.8, 4) is 0 Å². The van der Waals surface area contributed by atoms with Gasteiger partial charge in [0, 0.05) is 0 Å². The van der Waals surface area contributed by atoms with Gasteiger partial charge in [0.15, 0.2) is 0 Å². The smallest absolute Gasteiger partial charge is 0.337 e. The number of carboxylic acids is 1. The van der Waals surface area contributed by atoms with E-state index >= 15 is 0 Å². The predicted octanol–water partition coefficient (Wildman–Crippen LogP) is 3.20. The second-order valence-corrected chi connectivity index (χ2v) is 7.33. The largest absolute Gasteiger partial charge is 0.478 e. The molecule has 5 nitrogen and oxygen atoms in total. The molecule has 0 aliphatic heterocycles. The maximum absolute atomic E-state index is 12.2. The van der Waals surface area contributed by atoms with Crippen molar-refractivity contribution in [2.45, 2.75) is 24.0 Å². The number of aromatic carboxylic acids is 1. The van der Waals surface area contributed by atoms with Crippen molar-refractivity contribution in [3.05, 3.63) is 46.8 Å². The molecule has 0 amide bonds. The van der Waals surface area contributed by atoms with Crippen molar-refractivity contribution in [1.82, 2.24) is 0 Å². The summed E-state index contributed by atoms with van der Waals surface area (Å²) in [4.78, 5) is 11.3. The Morgan fingerprint density at radius 3 is 2.67 bits per heavy atom. The van der Waals surface area contributed by atoms with Gasteiger partial charge in [-0.15, -0.1) is 11.3 Å². The van der Waals surface area contributed by atoms with Gasteiger partial charge in [0.25, 0.3) is 10.0 Å². The lowest BCUT2D eigenvalue weighted by Crippen LogP contribution is -2.14. The van der Waals surface area contributed by atoms with Crippen LogP contribution in [0.4, 0.5) is 5.69 Å². The van der Waals surface area contributed by atoms with Crippen LogP contribution in [0.3, 0.4) is 0 Å². The second kappa shape index (κ2) is 6.28. The minimum atomic E-state index is -3.75. The third-order valence-electron chi connectivity index (χ3n) is 2.86. The Morgan fingerprint density at radius 2 is 2.10 bits per heavy atom. The molecule has 0 unspecified atom stereocenters. The summed E-state index contributed by atoms with van der Waals surface area (Å²) in [6.07, 6.45) is 1.64. The Balaban J connectivity index is 2.38. The van der Waals surface area contributed by atoms with Crippen LogP contribution < -0.4 is 4.72 Å². The summed E-state index contributed by atoms with van der Waals surface area (Å²) in [5, 5.41) is 10.9. The molecule has 0 fully saturated rings. The normalized spacial score (nSPS) is 11.3. The highest BCUT2D eigenvalue weighted by Gasteiger charge is 2.19. The molecule has 0 saturated carbocycles. The number of anilines is 1. The van der Waals surface area contributed by atoms with E-state index in [1.54, 1.807) is 17.5 Å². The SMILES string of the molecule is CCCc1ccc(NS(=O)(=O)c2cccs2)c(C(=O)O)c1. The Bertz CT molecular complexity index is 736. The average Bonchev–Trinajstić information content (AvgIpc) is 2.95. The summed E-state index contributed by atoms with van der Waals surface area (Å²) in [6, 6.07) is 7.85. The second-order valence-electron chi connectivity index (χ2n) is 4.47. The lowest BCUT2D eigenvalue weighted by molar-refractivity contribution is 0.0698. The van der Waals surface area contributed by atoms with Crippen LogP contribution in [-0.4, -0.2) is 19.5 Å². The Labute approximate surface area is 127 Å². The molecule has 0 aliphatic carbocycles. The van der Waals surface area contributed by atoms with Gasteiger partial charge in [-0.1, -0.05) is 25.5 Å². The van der Waals surface area contributed by atoms with Gasteiger partial charge in [-0.25, -0.2) is 13.2 Å². The molecular formula is C14H15NO4S2. The van der Waals surface area contributed by atoms with Crippen LogP contribution >= 0.6 is 11.3 Å². The fourth-order valence-electron chi connectivity index (χ4n) is 1.91. The van der Waals surface area contributed by atoms with Gasteiger partial charge in [0.1, 0.15) is 4.21 Å². The van der Waals surface area contributed by atoms with Gasteiger partial charge in [0.05, 0.1) is 11.3 Å². The molecule has 0 spiro atoms. The zero-order chi connectivity index (χ0) is 15.5. The molecule has 1 aromatic heterocycles. The Morgan fingerprint density at radius 1 is 1.33 bits per heavy atom.